The summed E-state index contributed by atoms with van der Waals surface area (Å²) in [6.45, 7) is 4.70. The van der Waals surface area contributed by atoms with E-state index in [2.05, 4.69) is 9.80 Å². The Morgan fingerprint density at radius 1 is 0.909 bits per heavy atom. The van der Waals surface area contributed by atoms with Crippen molar-refractivity contribution in [3.8, 4) is 5.75 Å². The molecule has 1 aliphatic heterocycles. The molecular formula is C17H18Cl2N2O. The molecular weight excluding hydrogens is 319 g/mol. The highest BCUT2D eigenvalue weighted by Crippen LogP contribution is 2.27. The molecule has 0 radical (unpaired) electrons. The van der Waals surface area contributed by atoms with E-state index in [0.717, 1.165) is 44.0 Å². The molecule has 1 N–H and O–H groups in total. The van der Waals surface area contributed by atoms with E-state index in [1.807, 2.05) is 30.3 Å². The molecule has 0 amide bonds. The summed E-state index contributed by atoms with van der Waals surface area (Å²) in [6, 6.07) is 13.2. The molecule has 0 atom stereocenters. The maximum absolute atomic E-state index is 9.36. The number of phenolic OH excluding ortho intramolecular Hbond substituents is 1. The zero-order chi connectivity index (χ0) is 15.5. The first kappa shape index (κ1) is 15.5. The summed E-state index contributed by atoms with van der Waals surface area (Å²) in [7, 11) is 0. The minimum atomic E-state index is 0.304. The normalized spacial score (nSPS) is 16.0. The lowest BCUT2D eigenvalue weighted by atomic mass is 10.2. The lowest BCUT2D eigenvalue weighted by molar-refractivity contribution is 0.250. The van der Waals surface area contributed by atoms with Crippen LogP contribution < -0.4 is 4.90 Å². The van der Waals surface area contributed by atoms with Gasteiger partial charge in [-0.15, -0.1) is 0 Å². The van der Waals surface area contributed by atoms with Crippen LogP contribution in [-0.2, 0) is 6.54 Å². The van der Waals surface area contributed by atoms with Crippen LogP contribution in [0, 0.1) is 0 Å². The number of aromatic hydroxyl groups is 1. The minimum absolute atomic E-state index is 0.304. The molecule has 0 spiro atoms. The Kier molecular flexibility index (Phi) is 4.77. The van der Waals surface area contributed by atoms with Crippen molar-refractivity contribution in [1.29, 1.82) is 0 Å². The average Bonchev–Trinajstić information content (AvgIpc) is 2.53. The van der Waals surface area contributed by atoms with Crippen LogP contribution in [0.15, 0.2) is 42.5 Å². The Morgan fingerprint density at radius 2 is 1.59 bits per heavy atom. The van der Waals surface area contributed by atoms with Gasteiger partial charge in [0.25, 0.3) is 0 Å². The van der Waals surface area contributed by atoms with Gasteiger partial charge in [0.2, 0.25) is 0 Å². The van der Waals surface area contributed by atoms with Gasteiger partial charge in [-0.1, -0.05) is 35.3 Å². The summed E-state index contributed by atoms with van der Waals surface area (Å²) in [6.07, 6.45) is 0. The molecule has 1 saturated heterocycles. The van der Waals surface area contributed by atoms with Crippen molar-refractivity contribution in [3.05, 3.63) is 58.1 Å². The average molecular weight is 337 g/mol. The fourth-order valence-electron chi connectivity index (χ4n) is 2.74. The van der Waals surface area contributed by atoms with Gasteiger partial charge in [0.05, 0.1) is 10.0 Å². The Bertz CT molecular complexity index is 638. The number of benzene rings is 2. The molecule has 2 aromatic rings. The summed E-state index contributed by atoms with van der Waals surface area (Å²) in [5, 5.41) is 10.6. The lowest BCUT2D eigenvalue weighted by Crippen LogP contribution is -2.46. The van der Waals surface area contributed by atoms with Gasteiger partial charge < -0.3 is 10.0 Å². The number of rotatable bonds is 3. The number of piperazine rings is 1. The molecule has 0 aliphatic carbocycles. The quantitative estimate of drug-likeness (QED) is 0.916. The van der Waals surface area contributed by atoms with Crippen LogP contribution in [0.25, 0.3) is 0 Å². The van der Waals surface area contributed by atoms with Gasteiger partial charge in [0.15, 0.2) is 0 Å². The van der Waals surface area contributed by atoms with Crippen molar-refractivity contribution in [2.45, 2.75) is 6.54 Å². The van der Waals surface area contributed by atoms with E-state index in [1.54, 1.807) is 12.1 Å². The predicted octanol–water partition coefficient (Wildman–Crippen LogP) is 4.02. The largest absolute Gasteiger partial charge is 0.508 e. The van der Waals surface area contributed by atoms with Crippen LogP contribution in [0.2, 0.25) is 10.0 Å². The maximum atomic E-state index is 9.36. The van der Waals surface area contributed by atoms with Crippen LogP contribution in [0.4, 0.5) is 5.69 Å². The van der Waals surface area contributed by atoms with Crippen molar-refractivity contribution in [3.63, 3.8) is 0 Å². The zero-order valence-corrected chi connectivity index (χ0v) is 13.7. The van der Waals surface area contributed by atoms with E-state index in [0.29, 0.717) is 15.8 Å². The standard InChI is InChI=1S/C17H18Cl2N2O/c18-16-3-1-2-13(17(16)19)12-20-8-10-21(11-9-20)14-4-6-15(22)7-5-14/h1-7,22H,8-12H2. The van der Waals surface area contributed by atoms with Crippen molar-refractivity contribution in [2.24, 2.45) is 0 Å². The molecule has 0 aromatic heterocycles. The molecule has 1 heterocycles. The monoisotopic (exact) mass is 336 g/mol. The number of halogens is 2. The Hall–Kier alpha value is -1.42. The predicted molar refractivity (Wildman–Crippen MR) is 92.1 cm³/mol. The molecule has 3 nitrogen and oxygen atoms in total. The van der Waals surface area contributed by atoms with Crippen LogP contribution in [0.3, 0.4) is 0 Å². The Labute approximate surface area is 140 Å². The van der Waals surface area contributed by atoms with Gasteiger partial charge in [-0.25, -0.2) is 0 Å². The molecule has 0 unspecified atom stereocenters. The van der Waals surface area contributed by atoms with Crippen LogP contribution in [0.1, 0.15) is 5.56 Å². The van der Waals surface area contributed by atoms with Crippen LogP contribution in [-0.4, -0.2) is 36.2 Å². The summed E-state index contributed by atoms with van der Waals surface area (Å²) < 4.78 is 0. The SMILES string of the molecule is Oc1ccc(N2CCN(Cc3cccc(Cl)c3Cl)CC2)cc1. The number of phenols is 1. The van der Waals surface area contributed by atoms with Crippen LogP contribution in [0.5, 0.6) is 5.75 Å². The molecule has 1 aliphatic rings. The maximum Gasteiger partial charge on any atom is 0.115 e. The number of anilines is 1. The van der Waals surface area contributed by atoms with Gasteiger partial charge in [0, 0.05) is 38.4 Å². The highest BCUT2D eigenvalue weighted by molar-refractivity contribution is 6.42. The summed E-state index contributed by atoms with van der Waals surface area (Å²) in [5.74, 6) is 0.304. The first-order valence-electron chi connectivity index (χ1n) is 7.33. The molecule has 5 heteroatoms. The second-order valence-electron chi connectivity index (χ2n) is 5.49. The molecule has 2 aromatic carbocycles. The third-order valence-corrected chi connectivity index (χ3v) is 4.87. The van der Waals surface area contributed by atoms with E-state index >= 15 is 0 Å². The van der Waals surface area contributed by atoms with Crippen molar-refractivity contribution in [1.82, 2.24) is 4.90 Å². The number of nitrogens with zero attached hydrogens (tertiary/aromatic N) is 2. The van der Waals surface area contributed by atoms with E-state index in [1.165, 1.54) is 0 Å². The topological polar surface area (TPSA) is 26.7 Å². The molecule has 3 rings (SSSR count). The first-order valence-corrected chi connectivity index (χ1v) is 8.08. The number of hydrogen-bond acceptors (Lipinski definition) is 3. The highest BCUT2D eigenvalue weighted by Gasteiger charge is 2.18. The fraction of sp³-hybridized carbons (Fsp3) is 0.294. The third-order valence-electron chi connectivity index (χ3n) is 4.01. The van der Waals surface area contributed by atoms with E-state index in [4.69, 9.17) is 23.2 Å². The summed E-state index contributed by atoms with van der Waals surface area (Å²) in [5.41, 5.74) is 2.23. The van der Waals surface area contributed by atoms with Crippen molar-refractivity contribution >= 4 is 28.9 Å². The molecule has 1 fully saturated rings. The van der Waals surface area contributed by atoms with E-state index in [-0.39, 0.29) is 0 Å². The lowest BCUT2D eigenvalue weighted by Gasteiger charge is -2.36. The van der Waals surface area contributed by atoms with Gasteiger partial charge >= 0.3 is 0 Å². The van der Waals surface area contributed by atoms with Gasteiger partial charge in [-0.2, -0.15) is 0 Å². The van der Waals surface area contributed by atoms with Gasteiger partial charge in [-0.3, -0.25) is 4.90 Å². The number of hydrogen-bond donors (Lipinski definition) is 1. The fourth-order valence-corrected chi connectivity index (χ4v) is 3.12. The first-order chi connectivity index (χ1) is 10.6. The molecule has 0 saturated carbocycles. The Morgan fingerprint density at radius 3 is 2.27 bits per heavy atom. The molecule has 0 bridgehead atoms. The minimum Gasteiger partial charge on any atom is -0.508 e. The zero-order valence-electron chi connectivity index (χ0n) is 12.2. The van der Waals surface area contributed by atoms with Crippen LogP contribution >= 0.6 is 23.2 Å². The second-order valence-corrected chi connectivity index (χ2v) is 6.28. The third kappa shape index (κ3) is 3.49. The van der Waals surface area contributed by atoms with E-state index in [9.17, 15) is 5.11 Å². The van der Waals surface area contributed by atoms with Crippen molar-refractivity contribution in [2.75, 3.05) is 31.1 Å². The molecule has 22 heavy (non-hydrogen) atoms. The second kappa shape index (κ2) is 6.78. The highest BCUT2D eigenvalue weighted by atomic mass is 35.5. The van der Waals surface area contributed by atoms with Gasteiger partial charge in [-0.05, 0) is 35.9 Å². The van der Waals surface area contributed by atoms with Crippen molar-refractivity contribution < 1.29 is 5.11 Å². The van der Waals surface area contributed by atoms with E-state index < -0.39 is 0 Å². The smallest absolute Gasteiger partial charge is 0.115 e. The summed E-state index contributed by atoms with van der Waals surface area (Å²) >= 11 is 12.3. The molecule has 116 valence electrons. The summed E-state index contributed by atoms with van der Waals surface area (Å²) in [4.78, 5) is 4.71. The Balaban J connectivity index is 1.60. The van der Waals surface area contributed by atoms with Gasteiger partial charge in [0.1, 0.15) is 5.75 Å².